The van der Waals surface area contributed by atoms with Crippen LogP contribution in [0, 0.1) is 5.82 Å². The maximum Gasteiger partial charge on any atom is 0.339 e. The van der Waals surface area contributed by atoms with E-state index in [0.717, 1.165) is 12.1 Å². The Morgan fingerprint density at radius 2 is 2.00 bits per heavy atom. The summed E-state index contributed by atoms with van der Waals surface area (Å²) in [5.41, 5.74) is 5.03. The highest BCUT2D eigenvalue weighted by atomic mass is 19.1. The monoisotopic (exact) mass is 283 g/mol. The van der Waals surface area contributed by atoms with Crippen LogP contribution in [-0.4, -0.2) is 38.0 Å². The number of anilines is 1. The number of esters is 1. The van der Waals surface area contributed by atoms with Gasteiger partial charge < -0.3 is 21.1 Å². The standard InChI is InChI=1S/C12H14FN3O4/c1-20-12(19)8-3-2-7(13)4-9(8)16-11(18)6-15-10(17)5-14/h2-4H,5-6,14H2,1H3,(H,15,17)(H,16,18). The predicted octanol–water partition coefficient (Wildman–Crippen LogP) is -0.374. The summed E-state index contributed by atoms with van der Waals surface area (Å²) in [4.78, 5) is 33.9. The molecule has 0 aliphatic rings. The molecule has 1 aromatic carbocycles. The molecule has 0 spiro atoms. The van der Waals surface area contributed by atoms with E-state index in [2.05, 4.69) is 15.4 Å². The summed E-state index contributed by atoms with van der Waals surface area (Å²) in [6.45, 7) is -0.589. The maximum atomic E-state index is 13.1. The van der Waals surface area contributed by atoms with Crippen molar-refractivity contribution >= 4 is 23.5 Å². The first-order chi connectivity index (χ1) is 9.47. The van der Waals surface area contributed by atoms with E-state index in [0.29, 0.717) is 0 Å². The summed E-state index contributed by atoms with van der Waals surface area (Å²) in [6.07, 6.45) is 0. The molecular weight excluding hydrogens is 269 g/mol. The molecule has 1 aromatic rings. The number of hydrogen-bond donors (Lipinski definition) is 3. The molecular formula is C12H14FN3O4. The molecule has 1 rings (SSSR count). The first kappa shape index (κ1) is 15.6. The lowest BCUT2D eigenvalue weighted by Crippen LogP contribution is -2.36. The molecule has 0 fully saturated rings. The molecule has 108 valence electrons. The summed E-state index contributed by atoms with van der Waals surface area (Å²) >= 11 is 0. The van der Waals surface area contributed by atoms with Gasteiger partial charge in [-0.3, -0.25) is 9.59 Å². The molecule has 0 aromatic heterocycles. The van der Waals surface area contributed by atoms with E-state index >= 15 is 0 Å². The molecule has 8 heteroatoms. The number of hydrogen-bond acceptors (Lipinski definition) is 5. The summed E-state index contributed by atoms with van der Waals surface area (Å²) < 4.78 is 17.7. The van der Waals surface area contributed by atoms with E-state index in [1.165, 1.54) is 13.2 Å². The van der Waals surface area contributed by atoms with Gasteiger partial charge in [-0.25, -0.2) is 9.18 Å². The lowest BCUT2D eigenvalue weighted by molar-refractivity contribution is -0.123. The number of nitrogens with two attached hydrogens (primary N) is 1. The Balaban J connectivity index is 2.80. The third-order valence-corrected chi connectivity index (χ3v) is 2.29. The average Bonchev–Trinajstić information content (AvgIpc) is 2.44. The second-order valence-corrected chi connectivity index (χ2v) is 3.71. The molecule has 0 atom stereocenters. The van der Waals surface area contributed by atoms with Crippen LogP contribution in [0.2, 0.25) is 0 Å². The van der Waals surface area contributed by atoms with Crippen molar-refractivity contribution in [2.45, 2.75) is 0 Å². The number of nitrogens with one attached hydrogen (secondary N) is 2. The summed E-state index contributed by atoms with van der Waals surface area (Å²) in [6, 6.07) is 3.24. The number of benzene rings is 1. The van der Waals surface area contributed by atoms with Crippen molar-refractivity contribution in [2.24, 2.45) is 5.73 Å². The Hall–Kier alpha value is -2.48. The van der Waals surface area contributed by atoms with E-state index in [4.69, 9.17) is 5.73 Å². The fourth-order valence-corrected chi connectivity index (χ4v) is 1.35. The minimum atomic E-state index is -0.716. The van der Waals surface area contributed by atoms with Gasteiger partial charge in [0.1, 0.15) is 5.82 Å². The van der Waals surface area contributed by atoms with E-state index in [1.54, 1.807) is 0 Å². The maximum absolute atomic E-state index is 13.1. The number of rotatable bonds is 5. The quantitative estimate of drug-likeness (QED) is 0.638. The molecule has 0 saturated carbocycles. The minimum absolute atomic E-state index is 0.00685. The predicted molar refractivity (Wildman–Crippen MR) is 68.4 cm³/mol. The Morgan fingerprint density at radius 1 is 1.30 bits per heavy atom. The molecule has 20 heavy (non-hydrogen) atoms. The van der Waals surface area contributed by atoms with Crippen LogP contribution in [0.5, 0.6) is 0 Å². The first-order valence-corrected chi connectivity index (χ1v) is 5.62. The molecule has 0 saturated heterocycles. The zero-order valence-corrected chi connectivity index (χ0v) is 10.7. The number of halogens is 1. The molecule has 0 bridgehead atoms. The number of ether oxygens (including phenoxy) is 1. The number of amides is 2. The first-order valence-electron chi connectivity index (χ1n) is 5.62. The van der Waals surface area contributed by atoms with Gasteiger partial charge in [-0.2, -0.15) is 0 Å². The smallest absolute Gasteiger partial charge is 0.339 e. The largest absolute Gasteiger partial charge is 0.465 e. The Labute approximate surface area is 114 Å². The van der Waals surface area contributed by atoms with Crippen LogP contribution in [-0.2, 0) is 14.3 Å². The molecule has 0 aliphatic heterocycles. The highest BCUT2D eigenvalue weighted by Crippen LogP contribution is 2.18. The third-order valence-electron chi connectivity index (χ3n) is 2.29. The van der Waals surface area contributed by atoms with Crippen molar-refractivity contribution in [3.05, 3.63) is 29.6 Å². The second-order valence-electron chi connectivity index (χ2n) is 3.71. The Kier molecular flexibility index (Phi) is 5.60. The van der Waals surface area contributed by atoms with Gasteiger partial charge in [-0.05, 0) is 18.2 Å². The van der Waals surface area contributed by atoms with Gasteiger partial charge in [0, 0.05) is 0 Å². The van der Waals surface area contributed by atoms with Crippen LogP contribution in [0.15, 0.2) is 18.2 Å². The van der Waals surface area contributed by atoms with Crippen molar-refractivity contribution in [2.75, 3.05) is 25.5 Å². The molecule has 2 amide bonds. The van der Waals surface area contributed by atoms with Gasteiger partial charge >= 0.3 is 5.97 Å². The average molecular weight is 283 g/mol. The van der Waals surface area contributed by atoms with Crippen LogP contribution in [0.25, 0.3) is 0 Å². The normalized spacial score (nSPS) is 9.75. The molecule has 4 N–H and O–H groups in total. The number of carbonyl (C=O) groups excluding carboxylic acids is 3. The van der Waals surface area contributed by atoms with Crippen LogP contribution < -0.4 is 16.4 Å². The van der Waals surface area contributed by atoms with Gasteiger partial charge in [-0.15, -0.1) is 0 Å². The minimum Gasteiger partial charge on any atom is -0.465 e. The molecule has 0 heterocycles. The number of methoxy groups -OCH3 is 1. The van der Waals surface area contributed by atoms with Crippen molar-refractivity contribution in [3.63, 3.8) is 0 Å². The summed E-state index contributed by atoms with van der Waals surface area (Å²) in [5.74, 6) is -2.47. The van der Waals surface area contributed by atoms with Gasteiger partial charge in [0.05, 0.1) is 31.5 Å². The fourth-order valence-electron chi connectivity index (χ4n) is 1.35. The van der Waals surface area contributed by atoms with Crippen LogP contribution in [0.1, 0.15) is 10.4 Å². The second kappa shape index (κ2) is 7.19. The third kappa shape index (κ3) is 4.32. The topological polar surface area (TPSA) is 111 Å². The summed E-state index contributed by atoms with van der Waals surface area (Å²) in [7, 11) is 1.17. The summed E-state index contributed by atoms with van der Waals surface area (Å²) in [5, 5.41) is 4.55. The molecule has 7 nitrogen and oxygen atoms in total. The highest BCUT2D eigenvalue weighted by molar-refractivity contribution is 6.02. The lowest BCUT2D eigenvalue weighted by Gasteiger charge is -2.10. The van der Waals surface area contributed by atoms with Crippen molar-refractivity contribution in [1.29, 1.82) is 0 Å². The zero-order valence-electron chi connectivity index (χ0n) is 10.7. The van der Waals surface area contributed by atoms with E-state index in [9.17, 15) is 18.8 Å². The van der Waals surface area contributed by atoms with Crippen LogP contribution in [0.4, 0.5) is 10.1 Å². The Bertz CT molecular complexity index is 533. The number of carbonyl (C=O) groups is 3. The molecule has 0 radical (unpaired) electrons. The fraction of sp³-hybridized carbons (Fsp3) is 0.250. The molecule has 0 unspecified atom stereocenters. The highest BCUT2D eigenvalue weighted by Gasteiger charge is 2.15. The van der Waals surface area contributed by atoms with Gasteiger partial charge in [0.25, 0.3) is 0 Å². The van der Waals surface area contributed by atoms with Crippen LogP contribution in [0.3, 0.4) is 0 Å². The van der Waals surface area contributed by atoms with Gasteiger partial charge in [0.15, 0.2) is 0 Å². The van der Waals surface area contributed by atoms with Gasteiger partial charge in [0.2, 0.25) is 11.8 Å². The van der Waals surface area contributed by atoms with Crippen molar-refractivity contribution in [1.82, 2.24) is 5.32 Å². The van der Waals surface area contributed by atoms with Crippen molar-refractivity contribution < 1.29 is 23.5 Å². The van der Waals surface area contributed by atoms with E-state index in [1.807, 2.05) is 0 Å². The molecule has 0 aliphatic carbocycles. The SMILES string of the molecule is COC(=O)c1ccc(F)cc1NC(=O)CNC(=O)CN. The van der Waals surface area contributed by atoms with Crippen LogP contribution >= 0.6 is 0 Å². The zero-order chi connectivity index (χ0) is 15.1. The lowest BCUT2D eigenvalue weighted by atomic mass is 10.1. The van der Waals surface area contributed by atoms with E-state index < -0.39 is 23.6 Å². The van der Waals surface area contributed by atoms with Crippen molar-refractivity contribution in [3.8, 4) is 0 Å². The van der Waals surface area contributed by atoms with E-state index in [-0.39, 0.29) is 24.3 Å². The van der Waals surface area contributed by atoms with Gasteiger partial charge in [-0.1, -0.05) is 0 Å². The Morgan fingerprint density at radius 3 is 2.60 bits per heavy atom.